The van der Waals surface area contributed by atoms with Crippen LogP contribution in [0.4, 0.5) is 29.3 Å². The highest BCUT2D eigenvalue weighted by atomic mass is 35.5. The van der Waals surface area contributed by atoms with Gasteiger partial charge in [0, 0.05) is 31.4 Å². The molecule has 2 aromatic rings. The maximum Gasteiger partial charge on any atom is 0.427 e. The van der Waals surface area contributed by atoms with Gasteiger partial charge in [-0.25, -0.2) is 13.2 Å². The van der Waals surface area contributed by atoms with Gasteiger partial charge in [0.25, 0.3) is 10.0 Å². The fraction of sp³-hybridized carbons (Fsp3) is 0.478. The molecule has 1 aromatic carbocycles. The number of sulfonamides is 1. The van der Waals surface area contributed by atoms with Crippen LogP contribution in [-0.4, -0.2) is 47.7 Å². The molecule has 0 radical (unpaired) electrons. The number of allylic oxidation sites excluding steroid dienone is 1. The van der Waals surface area contributed by atoms with Gasteiger partial charge in [-0.1, -0.05) is 24.2 Å². The summed E-state index contributed by atoms with van der Waals surface area (Å²) in [6.45, 7) is 7.10. The predicted molar refractivity (Wildman–Crippen MR) is 132 cm³/mol. The molecule has 0 bridgehead atoms. The first-order valence-electron chi connectivity index (χ1n) is 11.4. The molecule has 2 N–H and O–H groups in total. The Balaban J connectivity index is 1.98. The molecule has 0 saturated carbocycles. The van der Waals surface area contributed by atoms with Crippen molar-refractivity contribution in [1.82, 2.24) is 9.78 Å². The predicted octanol–water partition coefficient (Wildman–Crippen LogP) is 5.67. The third kappa shape index (κ3) is 6.32. The molecule has 0 spiro atoms. The summed E-state index contributed by atoms with van der Waals surface area (Å²) < 4.78 is 73.7. The van der Waals surface area contributed by atoms with Gasteiger partial charge in [0.2, 0.25) is 5.60 Å². The van der Waals surface area contributed by atoms with Gasteiger partial charge in [-0.15, -0.1) is 0 Å². The van der Waals surface area contributed by atoms with Gasteiger partial charge in [-0.2, -0.15) is 18.3 Å². The summed E-state index contributed by atoms with van der Waals surface area (Å²) in [6.07, 6.45) is -3.62. The van der Waals surface area contributed by atoms with E-state index < -0.39 is 27.9 Å². The van der Waals surface area contributed by atoms with E-state index in [-0.39, 0.29) is 46.1 Å². The highest BCUT2D eigenvalue weighted by molar-refractivity contribution is 7.93. The number of hydrogen-bond acceptors (Lipinski definition) is 6. The molecule has 204 valence electrons. The van der Waals surface area contributed by atoms with Crippen molar-refractivity contribution in [3.8, 4) is 0 Å². The third-order valence-corrected chi connectivity index (χ3v) is 8.15. The van der Waals surface area contributed by atoms with Crippen LogP contribution in [-0.2, 0) is 27.7 Å². The number of hydrogen-bond donors (Lipinski definition) is 2. The van der Waals surface area contributed by atoms with Crippen LogP contribution in [0.25, 0.3) is 0 Å². The number of halogens is 4. The number of aliphatic hydroxyl groups excluding tert-OH is 1. The number of aliphatic hydroxyl groups is 1. The van der Waals surface area contributed by atoms with E-state index in [1.165, 1.54) is 23.0 Å². The van der Waals surface area contributed by atoms with Crippen LogP contribution in [0.5, 0.6) is 0 Å². The van der Waals surface area contributed by atoms with Crippen LogP contribution in [0.2, 0.25) is 5.15 Å². The molecular formula is C23H28ClF3N4O5S. The average molecular weight is 565 g/mol. The number of carbonyl (C=O) groups is 1. The third-order valence-electron chi connectivity index (χ3n) is 5.98. The van der Waals surface area contributed by atoms with Crippen LogP contribution in [0, 0.1) is 5.92 Å². The van der Waals surface area contributed by atoms with E-state index in [9.17, 15) is 31.5 Å². The number of alkyl halides is 3. The molecule has 0 unspecified atom stereocenters. The maximum atomic E-state index is 13.7. The van der Waals surface area contributed by atoms with Crippen LogP contribution in [0.15, 0.2) is 41.6 Å². The lowest BCUT2D eigenvalue weighted by Gasteiger charge is -2.35. The zero-order valence-electron chi connectivity index (χ0n) is 20.5. The fourth-order valence-electron chi connectivity index (χ4n) is 3.81. The van der Waals surface area contributed by atoms with Crippen molar-refractivity contribution in [2.75, 3.05) is 16.2 Å². The minimum Gasteiger partial charge on any atom is -0.513 e. The number of nitrogens with one attached hydrogen (secondary N) is 1. The van der Waals surface area contributed by atoms with E-state index in [0.717, 1.165) is 18.2 Å². The Kier molecular flexibility index (Phi) is 8.08. The molecule has 0 fully saturated rings. The largest absolute Gasteiger partial charge is 0.513 e. The van der Waals surface area contributed by atoms with Crippen LogP contribution < -0.4 is 9.62 Å². The Labute approximate surface area is 217 Å². The van der Waals surface area contributed by atoms with Crippen molar-refractivity contribution in [2.45, 2.75) is 63.3 Å². The molecule has 1 atom stereocenters. The summed E-state index contributed by atoms with van der Waals surface area (Å²) in [5.41, 5.74) is -1.84. The second-order valence-corrected chi connectivity index (χ2v) is 11.4. The van der Waals surface area contributed by atoms with E-state index in [1.54, 1.807) is 13.0 Å². The number of fused-ring (bicyclic) bond motifs is 1. The lowest BCUT2D eigenvalue weighted by Crippen LogP contribution is -2.44. The van der Waals surface area contributed by atoms with Crippen LogP contribution in [0.3, 0.4) is 0 Å². The van der Waals surface area contributed by atoms with Gasteiger partial charge in [-0.05, 0) is 57.2 Å². The quantitative estimate of drug-likeness (QED) is 0.400. The van der Waals surface area contributed by atoms with Crippen molar-refractivity contribution < 1.29 is 36.2 Å². The smallest absolute Gasteiger partial charge is 0.427 e. The molecule has 3 rings (SSSR count). The monoisotopic (exact) mass is 564 g/mol. The first-order valence-corrected chi connectivity index (χ1v) is 13.2. The maximum absolute atomic E-state index is 13.7. The van der Waals surface area contributed by atoms with Gasteiger partial charge < -0.3 is 9.84 Å². The van der Waals surface area contributed by atoms with Gasteiger partial charge >= 0.3 is 12.3 Å². The molecule has 1 aliphatic rings. The summed E-state index contributed by atoms with van der Waals surface area (Å²) in [4.78, 5) is 12.0. The number of amides is 1. The molecule has 0 aliphatic carbocycles. The Morgan fingerprint density at radius 2 is 2.03 bits per heavy atom. The number of benzene rings is 1. The van der Waals surface area contributed by atoms with Crippen molar-refractivity contribution in [3.63, 3.8) is 0 Å². The topological polar surface area (TPSA) is 114 Å². The lowest BCUT2D eigenvalue weighted by atomic mass is 9.90. The number of rotatable bonds is 8. The highest BCUT2D eigenvalue weighted by Gasteiger charge is 2.51. The van der Waals surface area contributed by atoms with Crippen LogP contribution in [0.1, 0.15) is 39.2 Å². The first-order chi connectivity index (χ1) is 17.0. The van der Waals surface area contributed by atoms with Gasteiger partial charge in [-0.3, -0.25) is 14.3 Å². The van der Waals surface area contributed by atoms with Crippen molar-refractivity contribution in [2.24, 2.45) is 5.92 Å². The Hall–Kier alpha value is -2.93. The molecular weight excluding hydrogens is 537 g/mol. The number of aryl methyl sites for hydroxylation is 1. The van der Waals surface area contributed by atoms with Gasteiger partial charge in [0.15, 0.2) is 5.15 Å². The molecule has 2 heterocycles. The van der Waals surface area contributed by atoms with E-state index in [2.05, 4.69) is 21.7 Å². The zero-order valence-corrected chi connectivity index (χ0v) is 22.0. The summed E-state index contributed by atoms with van der Waals surface area (Å²) in [5, 5.41) is 15.6. The van der Waals surface area contributed by atoms with E-state index >= 15 is 0 Å². The average Bonchev–Trinajstić information content (AvgIpc) is 3.17. The Bertz CT molecular complexity index is 1290. The Morgan fingerprint density at radius 3 is 2.59 bits per heavy atom. The molecule has 9 nitrogen and oxygen atoms in total. The summed E-state index contributed by atoms with van der Waals surface area (Å²) in [6, 6.07) is 4.38. The number of aromatic nitrogens is 2. The Morgan fingerprint density at radius 1 is 1.35 bits per heavy atom. The number of carbonyl (C=O) groups excluding carboxylic acids is 1. The SMILES string of the molecule is C=C(O)CC[C@H]1Cc2ccc(NC(=O)OC(C)(C)C(F)(F)F)cc2N(S(=O)(=O)c2cn(CC)nc2Cl)C1. The number of nitrogens with zero attached hydrogens (tertiary/aromatic N) is 3. The molecule has 37 heavy (non-hydrogen) atoms. The van der Waals surface area contributed by atoms with Gasteiger partial charge in [0.1, 0.15) is 4.90 Å². The standard InChI is InChI=1S/C23H28ClF3N4O5S/c1-5-30-13-19(20(24)29-30)37(34,35)31-12-15(7-6-14(2)32)10-16-8-9-17(11-18(16)31)28-21(33)36-22(3,4)23(25,26)27/h8-9,11,13,15,32H,2,5-7,10,12H2,1,3-4H3,(H,28,33)/t15-/m0/s1. The van der Waals surface area contributed by atoms with Crippen LogP contribution >= 0.6 is 11.6 Å². The highest BCUT2D eigenvalue weighted by Crippen LogP contribution is 2.39. The lowest BCUT2D eigenvalue weighted by molar-refractivity contribution is -0.242. The molecule has 1 amide bonds. The number of ether oxygens (including phenoxy) is 1. The van der Waals surface area contributed by atoms with Gasteiger partial charge in [0.05, 0.1) is 11.4 Å². The summed E-state index contributed by atoms with van der Waals surface area (Å²) >= 11 is 6.14. The number of anilines is 2. The van der Waals surface area contributed by atoms with E-state index in [0.29, 0.717) is 24.9 Å². The summed E-state index contributed by atoms with van der Waals surface area (Å²) in [7, 11) is -4.22. The molecule has 1 aromatic heterocycles. The van der Waals surface area contributed by atoms with Crippen molar-refractivity contribution in [1.29, 1.82) is 0 Å². The van der Waals surface area contributed by atoms with Crippen molar-refractivity contribution >= 4 is 39.1 Å². The first kappa shape index (κ1) is 28.6. The fourth-order valence-corrected chi connectivity index (χ4v) is 5.83. The van der Waals surface area contributed by atoms with E-state index in [1.807, 2.05) is 0 Å². The molecule has 0 saturated heterocycles. The minimum absolute atomic E-state index is 0.0210. The molecule has 14 heteroatoms. The summed E-state index contributed by atoms with van der Waals surface area (Å²) in [5.74, 6) is -0.199. The normalized spacial score (nSPS) is 16.3. The molecule has 1 aliphatic heterocycles. The van der Waals surface area contributed by atoms with Crippen molar-refractivity contribution in [3.05, 3.63) is 47.5 Å². The zero-order chi connectivity index (χ0) is 27.8. The van der Waals surface area contributed by atoms with E-state index in [4.69, 9.17) is 11.6 Å². The second-order valence-electron chi connectivity index (χ2n) is 9.22. The second kappa shape index (κ2) is 10.4. The minimum atomic E-state index is -4.79.